The predicted molar refractivity (Wildman–Crippen MR) is 128 cm³/mol. The van der Waals surface area contributed by atoms with Crippen molar-refractivity contribution < 1.29 is 27.1 Å². The zero-order valence-corrected chi connectivity index (χ0v) is 20.7. The highest BCUT2D eigenvalue weighted by Gasteiger charge is 2.31. The normalized spacial score (nSPS) is 19.0. The van der Waals surface area contributed by atoms with E-state index in [1.54, 1.807) is 13.2 Å². The fourth-order valence-corrected chi connectivity index (χ4v) is 4.92. The summed E-state index contributed by atoms with van der Waals surface area (Å²) in [5.74, 6) is -0.479. The average molecular weight is 511 g/mol. The Labute approximate surface area is 204 Å². The van der Waals surface area contributed by atoms with Gasteiger partial charge in [-0.1, -0.05) is 17.7 Å². The van der Waals surface area contributed by atoms with E-state index < -0.39 is 21.7 Å². The number of methoxy groups -OCH3 is 1. The Balaban J connectivity index is 1.48. The number of amides is 1. The number of hydrogen-bond acceptors (Lipinski definition) is 6. The molecule has 10 heteroatoms. The zero-order valence-electron chi connectivity index (χ0n) is 19.1. The Hall–Kier alpha value is -2.36. The van der Waals surface area contributed by atoms with E-state index in [0.717, 1.165) is 49.6 Å². The van der Waals surface area contributed by atoms with Gasteiger partial charge < -0.3 is 9.47 Å². The van der Waals surface area contributed by atoms with E-state index in [0.29, 0.717) is 29.6 Å². The van der Waals surface area contributed by atoms with Crippen LogP contribution in [0, 0.1) is 5.82 Å². The zero-order chi connectivity index (χ0) is 24.5. The van der Waals surface area contributed by atoms with Crippen LogP contribution in [0.5, 0.6) is 11.5 Å². The fraction of sp³-hybridized carbons (Fsp3) is 0.458. The third kappa shape index (κ3) is 6.20. The maximum absolute atomic E-state index is 14.8. The highest BCUT2D eigenvalue weighted by Crippen LogP contribution is 2.45. The summed E-state index contributed by atoms with van der Waals surface area (Å²) in [6.07, 6.45) is 4.31. The smallest absolute Gasteiger partial charge is 0.267 e. The molecule has 7 nitrogen and oxygen atoms in total. The van der Waals surface area contributed by atoms with Gasteiger partial charge >= 0.3 is 0 Å². The molecule has 1 N–H and O–H groups in total. The van der Waals surface area contributed by atoms with E-state index in [9.17, 15) is 17.6 Å². The summed E-state index contributed by atoms with van der Waals surface area (Å²) in [7, 11) is -2.20. The monoisotopic (exact) mass is 510 g/mol. The number of carbonyl (C=O) groups is 1. The lowest BCUT2D eigenvalue weighted by atomic mass is 10.0. The molecule has 2 aromatic rings. The number of rotatable bonds is 8. The average Bonchev–Trinajstić information content (AvgIpc) is 3.59. The van der Waals surface area contributed by atoms with Gasteiger partial charge in [0, 0.05) is 24.2 Å². The summed E-state index contributed by atoms with van der Waals surface area (Å²) < 4.78 is 50.9. The Morgan fingerprint density at radius 3 is 2.65 bits per heavy atom. The first-order valence-electron chi connectivity index (χ1n) is 11.2. The lowest BCUT2D eigenvalue weighted by Crippen LogP contribution is -2.40. The van der Waals surface area contributed by atoms with Crippen LogP contribution in [0.25, 0.3) is 0 Å². The number of ether oxygens (including phenoxy) is 2. The Morgan fingerprint density at radius 2 is 2.00 bits per heavy atom. The van der Waals surface area contributed by atoms with Crippen molar-refractivity contribution in [1.29, 1.82) is 0 Å². The van der Waals surface area contributed by atoms with Gasteiger partial charge in [0.2, 0.25) is 10.0 Å². The number of sulfonamides is 1. The van der Waals surface area contributed by atoms with Crippen LogP contribution in [-0.4, -0.2) is 51.8 Å². The SMILES string of the molecule is COc1ccc(CN2CCCC(Oc3cc(F)c(C(=O)NS(C)(=O)=O)cc3C3CC3)C2)c(Cl)c1. The lowest BCUT2D eigenvalue weighted by Gasteiger charge is -2.33. The van der Waals surface area contributed by atoms with Crippen LogP contribution in [0.2, 0.25) is 5.02 Å². The number of nitrogens with zero attached hydrogens (tertiary/aromatic N) is 1. The molecule has 1 saturated carbocycles. The molecule has 0 radical (unpaired) electrons. The molecule has 1 heterocycles. The van der Waals surface area contributed by atoms with Crippen molar-refractivity contribution in [2.75, 3.05) is 26.5 Å². The summed E-state index contributed by atoms with van der Waals surface area (Å²) >= 11 is 6.40. The molecule has 2 fully saturated rings. The van der Waals surface area contributed by atoms with Crippen LogP contribution in [-0.2, 0) is 16.6 Å². The largest absolute Gasteiger partial charge is 0.497 e. The Morgan fingerprint density at radius 1 is 1.24 bits per heavy atom. The molecule has 2 aromatic carbocycles. The number of carbonyl (C=O) groups excluding carboxylic acids is 1. The summed E-state index contributed by atoms with van der Waals surface area (Å²) in [4.78, 5) is 14.5. The van der Waals surface area contributed by atoms with Crippen molar-refractivity contribution >= 4 is 27.5 Å². The topological polar surface area (TPSA) is 84.9 Å². The van der Waals surface area contributed by atoms with Gasteiger partial charge in [-0.2, -0.15) is 0 Å². The molecule has 1 aliphatic heterocycles. The van der Waals surface area contributed by atoms with Gasteiger partial charge in [0.1, 0.15) is 23.4 Å². The van der Waals surface area contributed by atoms with Crippen LogP contribution < -0.4 is 14.2 Å². The predicted octanol–water partition coefficient (Wildman–Crippen LogP) is 4.10. The van der Waals surface area contributed by atoms with Crippen LogP contribution in [0.15, 0.2) is 30.3 Å². The van der Waals surface area contributed by atoms with Crippen LogP contribution in [0.3, 0.4) is 0 Å². The Bertz CT molecular complexity index is 1190. The molecular formula is C24H28ClFN2O5S. The molecule has 1 amide bonds. The maximum atomic E-state index is 14.8. The number of nitrogens with one attached hydrogen (secondary N) is 1. The second kappa shape index (κ2) is 10.1. The molecule has 1 atom stereocenters. The van der Waals surface area contributed by atoms with Crippen molar-refractivity contribution in [2.24, 2.45) is 0 Å². The molecular weight excluding hydrogens is 483 g/mol. The highest BCUT2D eigenvalue weighted by molar-refractivity contribution is 7.89. The molecule has 0 spiro atoms. The van der Waals surface area contributed by atoms with E-state index in [-0.39, 0.29) is 17.6 Å². The fourth-order valence-electron chi connectivity index (χ4n) is 4.24. The molecule has 0 aromatic heterocycles. The van der Waals surface area contributed by atoms with Crippen LogP contribution >= 0.6 is 11.6 Å². The van der Waals surface area contributed by atoms with Crippen molar-refractivity contribution in [1.82, 2.24) is 9.62 Å². The standard InChI is InChI=1S/C24H28ClFN2O5S/c1-32-17-8-7-16(21(25)10-17)13-28-9-3-4-18(14-28)33-23-12-22(26)20(11-19(23)15-5-6-15)24(29)27-34(2,30)31/h7-8,10-12,15,18H,3-6,9,13-14H2,1-2H3,(H,27,29). The van der Waals surface area contributed by atoms with Gasteiger partial charge in [-0.15, -0.1) is 0 Å². The number of piperidine rings is 1. The minimum Gasteiger partial charge on any atom is -0.497 e. The number of benzene rings is 2. The summed E-state index contributed by atoms with van der Waals surface area (Å²) in [6, 6.07) is 8.27. The van der Waals surface area contributed by atoms with E-state index >= 15 is 0 Å². The second-order valence-corrected chi connectivity index (χ2v) is 11.1. The van der Waals surface area contributed by atoms with Gasteiger partial charge in [-0.25, -0.2) is 17.5 Å². The highest BCUT2D eigenvalue weighted by atomic mass is 35.5. The molecule has 4 rings (SSSR count). The number of likely N-dealkylation sites (tertiary alicyclic amines) is 1. The molecule has 34 heavy (non-hydrogen) atoms. The number of halogens is 2. The van der Waals surface area contributed by atoms with Crippen LogP contribution in [0.4, 0.5) is 4.39 Å². The first-order chi connectivity index (χ1) is 16.1. The van der Waals surface area contributed by atoms with Gasteiger partial charge in [-0.05, 0) is 67.5 Å². The molecule has 1 unspecified atom stereocenters. The lowest BCUT2D eigenvalue weighted by molar-refractivity contribution is 0.0832. The molecule has 184 valence electrons. The summed E-state index contributed by atoms with van der Waals surface area (Å²) in [5, 5.41) is 0.642. The summed E-state index contributed by atoms with van der Waals surface area (Å²) in [6.45, 7) is 2.22. The van der Waals surface area contributed by atoms with Crippen LogP contribution in [0.1, 0.15) is 53.1 Å². The maximum Gasteiger partial charge on any atom is 0.267 e. The third-order valence-electron chi connectivity index (χ3n) is 6.05. The summed E-state index contributed by atoms with van der Waals surface area (Å²) in [5.41, 5.74) is 1.45. The van der Waals surface area contributed by atoms with Crippen molar-refractivity contribution in [3.05, 3.63) is 57.9 Å². The van der Waals surface area contributed by atoms with Crippen molar-refractivity contribution in [3.8, 4) is 11.5 Å². The molecule has 2 aliphatic rings. The molecule has 0 bridgehead atoms. The van der Waals surface area contributed by atoms with Gasteiger partial charge in [0.15, 0.2) is 0 Å². The van der Waals surface area contributed by atoms with Gasteiger partial charge in [0.05, 0.1) is 18.9 Å². The minimum atomic E-state index is -3.80. The van der Waals surface area contributed by atoms with Crippen molar-refractivity contribution in [2.45, 2.75) is 44.2 Å². The van der Waals surface area contributed by atoms with E-state index in [2.05, 4.69) is 4.90 Å². The number of hydrogen-bond donors (Lipinski definition) is 1. The second-order valence-electron chi connectivity index (χ2n) is 8.92. The third-order valence-corrected chi connectivity index (χ3v) is 6.96. The van der Waals surface area contributed by atoms with E-state index in [1.165, 1.54) is 12.1 Å². The molecule has 1 saturated heterocycles. The first kappa shape index (κ1) is 24.8. The van der Waals surface area contributed by atoms with Gasteiger partial charge in [0.25, 0.3) is 5.91 Å². The first-order valence-corrected chi connectivity index (χ1v) is 13.5. The quantitative estimate of drug-likeness (QED) is 0.575. The Kier molecular flexibility index (Phi) is 7.35. The van der Waals surface area contributed by atoms with Crippen molar-refractivity contribution in [3.63, 3.8) is 0 Å². The minimum absolute atomic E-state index is 0.140. The van der Waals surface area contributed by atoms with E-state index in [1.807, 2.05) is 16.9 Å². The van der Waals surface area contributed by atoms with Gasteiger partial charge in [-0.3, -0.25) is 9.69 Å². The molecule has 1 aliphatic carbocycles. The van der Waals surface area contributed by atoms with E-state index in [4.69, 9.17) is 21.1 Å².